The van der Waals surface area contributed by atoms with Gasteiger partial charge in [-0.05, 0) is 24.6 Å². The van der Waals surface area contributed by atoms with Crippen LogP contribution in [0, 0.1) is 0 Å². The maximum Gasteiger partial charge on any atom is 0.403 e. The molecule has 1 atom stereocenters. The average molecular weight is 263 g/mol. The lowest BCUT2D eigenvalue weighted by molar-refractivity contribution is -0.151. The van der Waals surface area contributed by atoms with Crippen LogP contribution in [-0.2, 0) is 6.54 Å². The number of hydrogen-bond acceptors (Lipinski definition) is 3. The Bertz CT molecular complexity index is 393. The quantitative estimate of drug-likeness (QED) is 0.886. The molecular weight excluding hydrogens is 247 g/mol. The molecule has 6 heteroatoms. The molecule has 1 aromatic rings. The summed E-state index contributed by atoms with van der Waals surface area (Å²) in [6, 6.07) is 3.45. The molecule has 0 aliphatic rings. The summed E-state index contributed by atoms with van der Waals surface area (Å²) in [7, 11) is 2.98. The second-order valence-corrected chi connectivity index (χ2v) is 3.83. The molecule has 0 saturated heterocycles. The first-order valence-corrected chi connectivity index (χ1v) is 5.39. The topological polar surface area (TPSA) is 30.5 Å². The van der Waals surface area contributed by atoms with E-state index in [4.69, 9.17) is 9.47 Å². The Balaban J connectivity index is 2.69. The first-order chi connectivity index (χ1) is 8.38. The number of rotatable bonds is 5. The fourth-order valence-electron chi connectivity index (χ4n) is 1.38. The van der Waals surface area contributed by atoms with Gasteiger partial charge in [-0.2, -0.15) is 13.2 Å². The minimum absolute atomic E-state index is 0.112. The normalized spacial score (nSPS) is 13.2. The van der Waals surface area contributed by atoms with E-state index in [1.807, 2.05) is 0 Å². The minimum atomic E-state index is -4.24. The molecule has 0 radical (unpaired) electrons. The molecule has 0 aliphatic carbocycles. The fraction of sp³-hybridized carbons (Fsp3) is 0.500. The molecule has 3 nitrogen and oxygen atoms in total. The van der Waals surface area contributed by atoms with Gasteiger partial charge in [0.05, 0.1) is 14.2 Å². The largest absolute Gasteiger partial charge is 0.493 e. The van der Waals surface area contributed by atoms with Crippen molar-refractivity contribution in [3.05, 3.63) is 23.8 Å². The van der Waals surface area contributed by atoms with Gasteiger partial charge < -0.3 is 14.8 Å². The highest BCUT2D eigenvalue weighted by Crippen LogP contribution is 2.27. The van der Waals surface area contributed by atoms with Gasteiger partial charge in [-0.1, -0.05) is 6.07 Å². The zero-order valence-corrected chi connectivity index (χ0v) is 10.5. The number of nitrogens with one attached hydrogen (secondary N) is 1. The standard InChI is InChI=1S/C12H16F3NO2/c1-8(12(13,14)15)16-7-9-4-5-10(17-2)11(6-9)18-3/h4-6,8,16H,7H2,1-3H3. The van der Waals surface area contributed by atoms with Crippen LogP contribution in [-0.4, -0.2) is 26.4 Å². The third kappa shape index (κ3) is 3.80. The molecule has 1 N–H and O–H groups in total. The summed E-state index contributed by atoms with van der Waals surface area (Å²) in [6.07, 6.45) is -4.24. The van der Waals surface area contributed by atoms with Gasteiger partial charge in [0, 0.05) is 6.54 Å². The Morgan fingerprint density at radius 3 is 2.28 bits per heavy atom. The summed E-state index contributed by atoms with van der Waals surface area (Å²) < 4.78 is 47.0. The molecule has 0 spiro atoms. The number of hydrogen-bond donors (Lipinski definition) is 1. The Kier molecular flexibility index (Phi) is 4.84. The second kappa shape index (κ2) is 5.95. The first-order valence-electron chi connectivity index (χ1n) is 5.39. The lowest BCUT2D eigenvalue weighted by atomic mass is 10.2. The van der Waals surface area contributed by atoms with E-state index in [-0.39, 0.29) is 6.54 Å². The van der Waals surface area contributed by atoms with Crippen molar-refractivity contribution in [1.82, 2.24) is 5.32 Å². The minimum Gasteiger partial charge on any atom is -0.493 e. The Morgan fingerprint density at radius 1 is 1.17 bits per heavy atom. The molecule has 0 saturated carbocycles. The highest BCUT2D eigenvalue weighted by atomic mass is 19.4. The van der Waals surface area contributed by atoms with Crippen LogP contribution >= 0.6 is 0 Å². The van der Waals surface area contributed by atoms with E-state index in [1.54, 1.807) is 18.2 Å². The van der Waals surface area contributed by atoms with Gasteiger partial charge in [0.15, 0.2) is 11.5 Å². The lowest BCUT2D eigenvalue weighted by Gasteiger charge is -2.17. The Hall–Kier alpha value is -1.43. The van der Waals surface area contributed by atoms with Crippen LogP contribution in [0.4, 0.5) is 13.2 Å². The van der Waals surface area contributed by atoms with Crippen molar-refractivity contribution >= 4 is 0 Å². The van der Waals surface area contributed by atoms with Crippen molar-refractivity contribution in [3.63, 3.8) is 0 Å². The van der Waals surface area contributed by atoms with Gasteiger partial charge in [-0.15, -0.1) is 0 Å². The zero-order chi connectivity index (χ0) is 13.8. The van der Waals surface area contributed by atoms with E-state index >= 15 is 0 Å². The lowest BCUT2D eigenvalue weighted by Crippen LogP contribution is -2.39. The van der Waals surface area contributed by atoms with Crippen molar-refractivity contribution in [3.8, 4) is 11.5 Å². The Morgan fingerprint density at radius 2 is 1.78 bits per heavy atom. The summed E-state index contributed by atoms with van der Waals surface area (Å²) in [5, 5.41) is 2.41. The van der Waals surface area contributed by atoms with Crippen LogP contribution in [0.25, 0.3) is 0 Å². The first kappa shape index (κ1) is 14.6. The number of benzene rings is 1. The van der Waals surface area contributed by atoms with Crippen LogP contribution < -0.4 is 14.8 Å². The summed E-state index contributed by atoms with van der Waals surface area (Å²) in [5.41, 5.74) is 0.698. The third-order valence-corrected chi connectivity index (χ3v) is 2.55. The molecule has 0 bridgehead atoms. The van der Waals surface area contributed by atoms with Gasteiger partial charge in [0.2, 0.25) is 0 Å². The van der Waals surface area contributed by atoms with Crippen LogP contribution in [0.15, 0.2) is 18.2 Å². The molecule has 18 heavy (non-hydrogen) atoms. The van der Waals surface area contributed by atoms with Gasteiger partial charge >= 0.3 is 6.18 Å². The third-order valence-electron chi connectivity index (χ3n) is 2.55. The molecule has 0 heterocycles. The van der Waals surface area contributed by atoms with Crippen molar-refractivity contribution in [2.75, 3.05) is 14.2 Å². The van der Waals surface area contributed by atoms with Crippen LogP contribution in [0.2, 0.25) is 0 Å². The fourth-order valence-corrected chi connectivity index (χ4v) is 1.38. The summed E-state index contributed by atoms with van der Waals surface area (Å²) in [6.45, 7) is 1.20. The van der Waals surface area contributed by atoms with Crippen molar-refractivity contribution < 1.29 is 22.6 Å². The molecule has 1 unspecified atom stereocenters. The molecule has 0 aliphatic heterocycles. The number of methoxy groups -OCH3 is 2. The highest BCUT2D eigenvalue weighted by molar-refractivity contribution is 5.42. The van der Waals surface area contributed by atoms with Gasteiger partial charge in [-0.25, -0.2) is 0 Å². The maximum absolute atomic E-state index is 12.3. The van der Waals surface area contributed by atoms with Crippen molar-refractivity contribution in [1.29, 1.82) is 0 Å². The second-order valence-electron chi connectivity index (χ2n) is 3.83. The molecule has 0 amide bonds. The summed E-state index contributed by atoms with van der Waals surface area (Å²) in [4.78, 5) is 0. The number of alkyl halides is 3. The van der Waals surface area contributed by atoms with Crippen LogP contribution in [0.5, 0.6) is 11.5 Å². The van der Waals surface area contributed by atoms with Gasteiger partial charge in [-0.3, -0.25) is 0 Å². The van der Waals surface area contributed by atoms with Crippen LogP contribution in [0.1, 0.15) is 12.5 Å². The average Bonchev–Trinajstić information content (AvgIpc) is 2.34. The summed E-state index contributed by atoms with van der Waals surface area (Å²) in [5.74, 6) is 1.04. The monoisotopic (exact) mass is 263 g/mol. The molecular formula is C12H16F3NO2. The summed E-state index contributed by atoms with van der Waals surface area (Å²) >= 11 is 0. The smallest absolute Gasteiger partial charge is 0.403 e. The van der Waals surface area contributed by atoms with E-state index in [0.717, 1.165) is 6.92 Å². The Labute approximate surface area is 104 Å². The zero-order valence-electron chi connectivity index (χ0n) is 10.5. The molecule has 0 aromatic heterocycles. The number of halogens is 3. The molecule has 0 fully saturated rings. The predicted molar refractivity (Wildman–Crippen MR) is 61.9 cm³/mol. The number of ether oxygens (including phenoxy) is 2. The van der Waals surface area contributed by atoms with E-state index in [1.165, 1.54) is 14.2 Å². The predicted octanol–water partition coefficient (Wildman–Crippen LogP) is 2.74. The van der Waals surface area contributed by atoms with E-state index in [2.05, 4.69) is 5.32 Å². The molecule has 1 aromatic carbocycles. The van der Waals surface area contributed by atoms with E-state index in [9.17, 15) is 13.2 Å². The van der Waals surface area contributed by atoms with E-state index in [0.29, 0.717) is 17.1 Å². The van der Waals surface area contributed by atoms with Gasteiger partial charge in [0.1, 0.15) is 6.04 Å². The van der Waals surface area contributed by atoms with Crippen molar-refractivity contribution in [2.24, 2.45) is 0 Å². The molecule has 102 valence electrons. The van der Waals surface area contributed by atoms with Gasteiger partial charge in [0.25, 0.3) is 0 Å². The molecule has 1 rings (SSSR count). The van der Waals surface area contributed by atoms with E-state index < -0.39 is 12.2 Å². The van der Waals surface area contributed by atoms with Crippen molar-refractivity contribution in [2.45, 2.75) is 25.7 Å². The SMILES string of the molecule is COc1ccc(CNC(C)C(F)(F)F)cc1OC. The maximum atomic E-state index is 12.3. The van der Waals surface area contributed by atoms with Crippen LogP contribution in [0.3, 0.4) is 0 Å². The highest BCUT2D eigenvalue weighted by Gasteiger charge is 2.35.